The van der Waals surface area contributed by atoms with E-state index >= 15 is 28.8 Å². The largest absolute Gasteiger partial charge is 0.462 e. The second-order valence-corrected chi connectivity index (χ2v) is 31.0. The first-order valence-electron chi connectivity index (χ1n) is 40.9. The van der Waals surface area contributed by atoms with Gasteiger partial charge in [-0.1, -0.05) is 127 Å². The van der Waals surface area contributed by atoms with Crippen molar-refractivity contribution in [2.45, 2.75) is 182 Å². The topological polar surface area (TPSA) is 258 Å². The number of rotatable bonds is 34. The van der Waals surface area contributed by atoms with Gasteiger partial charge in [0.2, 0.25) is 11.8 Å². The standard InChI is InChI=1S/C96H100N4O18/c1-13-73(91(105)97(15-3)63-23-19-17-20-24-63)99-87(101)69-51-75(115-65-35-27-59(28-36-65)43-47-111-93(107)55(5)6)81-83-77(117-67-39-31-61(32-40-67)45-49-113-95(109)57(9)10)53-71-80-72(90(104)100(89(71)103)74(14-2)92(106)98(16-4)64-25-21-18-22-26-64)54-78(118-68-41-33-62(34-42-68)46-50-114-96(110)58(11)12)84(86(80)83)82-76(52-70(88(99)102)79(69)85(81)82)116-66-37-29-60(30-38-66)44-48-112-94(108)56(7)8/h27-42,51-54,63-64,73-74H,5,7,9,11,13-26,43-50H2,1-4,6,8,10,12H3. The zero-order valence-corrected chi connectivity index (χ0v) is 68.4. The Hall–Kier alpha value is -12.5. The highest BCUT2D eigenvalue weighted by Gasteiger charge is 2.48. The van der Waals surface area contributed by atoms with Gasteiger partial charge in [-0.15, -0.1) is 0 Å². The highest BCUT2D eigenvalue weighted by atomic mass is 16.5. The Morgan fingerprint density at radius 3 is 0.780 bits per heavy atom. The van der Waals surface area contributed by atoms with Gasteiger partial charge < -0.3 is 47.7 Å². The third-order valence-corrected chi connectivity index (χ3v) is 22.7. The summed E-state index contributed by atoms with van der Waals surface area (Å²) in [5.74, 6) is -5.15. The van der Waals surface area contributed by atoms with Gasteiger partial charge in [0, 0.05) is 116 Å². The summed E-state index contributed by atoms with van der Waals surface area (Å²) in [4.78, 5) is 153. The van der Waals surface area contributed by atoms with Crippen molar-refractivity contribution in [2.75, 3.05) is 39.5 Å². The number of carbonyl (C=O) groups excluding carboxylic acids is 10. The summed E-state index contributed by atoms with van der Waals surface area (Å²) in [5.41, 5.74) is 3.90. The van der Waals surface area contributed by atoms with Crippen molar-refractivity contribution in [3.05, 3.63) is 214 Å². The molecular formula is C96H100N4O18. The normalized spacial score (nSPS) is 14.7. The van der Waals surface area contributed by atoms with Gasteiger partial charge in [0.25, 0.3) is 23.6 Å². The van der Waals surface area contributed by atoms with Gasteiger partial charge >= 0.3 is 23.9 Å². The van der Waals surface area contributed by atoms with E-state index in [-0.39, 0.29) is 197 Å². The first-order chi connectivity index (χ1) is 56.8. The van der Waals surface area contributed by atoms with E-state index < -0.39 is 59.6 Å². The number of fused-ring (bicyclic) bond motifs is 2. The van der Waals surface area contributed by atoms with Crippen LogP contribution in [-0.4, -0.2) is 143 Å². The van der Waals surface area contributed by atoms with E-state index in [1.54, 1.807) is 173 Å². The molecule has 9 aromatic carbocycles. The quantitative estimate of drug-likeness (QED) is 0.00906. The van der Waals surface area contributed by atoms with Gasteiger partial charge in [0.15, 0.2) is 0 Å². The maximum absolute atomic E-state index is 16.6. The molecule has 9 aromatic rings. The van der Waals surface area contributed by atoms with Crippen molar-refractivity contribution in [1.82, 2.24) is 19.6 Å². The Morgan fingerprint density at radius 1 is 0.347 bits per heavy atom. The minimum absolute atomic E-state index is 0.00283. The molecule has 2 unspecified atom stereocenters. The average Bonchev–Trinajstić information content (AvgIpc) is 0.670. The van der Waals surface area contributed by atoms with Crippen LogP contribution in [0.4, 0.5) is 0 Å². The third kappa shape index (κ3) is 17.2. The molecule has 0 saturated heterocycles. The zero-order chi connectivity index (χ0) is 83.9. The van der Waals surface area contributed by atoms with Gasteiger partial charge in [-0.05, 0) is 175 Å². The molecule has 2 heterocycles. The van der Waals surface area contributed by atoms with E-state index in [0.29, 0.717) is 38.8 Å². The maximum atomic E-state index is 16.6. The highest BCUT2D eigenvalue weighted by Crippen LogP contribution is 2.58. The van der Waals surface area contributed by atoms with Crippen molar-refractivity contribution in [3.63, 3.8) is 0 Å². The molecule has 612 valence electrons. The first kappa shape index (κ1) is 83.5. The molecule has 13 rings (SSSR count). The fourth-order valence-electron chi connectivity index (χ4n) is 16.7. The number of nitrogens with zero attached hydrogens (tertiary/aromatic N) is 4. The third-order valence-electron chi connectivity index (χ3n) is 22.7. The van der Waals surface area contributed by atoms with Crippen LogP contribution >= 0.6 is 0 Å². The van der Waals surface area contributed by atoms with Crippen LogP contribution in [0.2, 0.25) is 0 Å². The second-order valence-electron chi connectivity index (χ2n) is 31.0. The number of ether oxygens (including phenoxy) is 8. The van der Waals surface area contributed by atoms with Gasteiger partial charge in [-0.3, -0.25) is 38.6 Å². The summed E-state index contributed by atoms with van der Waals surface area (Å²) in [6, 6.07) is 31.5. The zero-order valence-electron chi connectivity index (χ0n) is 68.4. The van der Waals surface area contributed by atoms with Crippen LogP contribution in [0.15, 0.2) is 170 Å². The number of hydrogen-bond donors (Lipinski definition) is 0. The van der Waals surface area contributed by atoms with Gasteiger partial charge in [-0.2, -0.15) is 0 Å². The van der Waals surface area contributed by atoms with Crippen molar-refractivity contribution < 1.29 is 85.8 Å². The second kappa shape index (κ2) is 36.4. The Bertz CT molecular complexity index is 4880. The number of imide groups is 2. The lowest BCUT2D eigenvalue weighted by Gasteiger charge is -2.40. The van der Waals surface area contributed by atoms with Gasteiger partial charge in [0.05, 0.1) is 48.7 Å². The van der Waals surface area contributed by atoms with Crippen LogP contribution in [0.25, 0.3) is 43.1 Å². The molecule has 22 heteroatoms. The number of benzene rings is 9. The minimum atomic E-state index is -1.29. The smallest absolute Gasteiger partial charge is 0.333 e. The van der Waals surface area contributed by atoms with E-state index in [0.717, 1.165) is 96.3 Å². The number of amides is 6. The highest BCUT2D eigenvalue weighted by molar-refractivity contribution is 6.45. The lowest BCUT2D eigenvalue weighted by atomic mass is 9.80. The molecule has 118 heavy (non-hydrogen) atoms. The summed E-state index contributed by atoms with van der Waals surface area (Å²) in [6.45, 7) is 29.3. The molecule has 2 aliphatic heterocycles. The monoisotopic (exact) mass is 1600 g/mol. The lowest BCUT2D eigenvalue weighted by Crippen LogP contribution is -2.56. The Labute approximate surface area is 686 Å². The van der Waals surface area contributed by atoms with Crippen LogP contribution in [0.3, 0.4) is 0 Å². The van der Waals surface area contributed by atoms with E-state index in [1.165, 1.54) is 0 Å². The predicted octanol–water partition coefficient (Wildman–Crippen LogP) is 18.7. The number of esters is 4. The van der Waals surface area contributed by atoms with Crippen LogP contribution in [0.1, 0.15) is 196 Å². The first-order valence-corrected chi connectivity index (χ1v) is 40.9. The van der Waals surface area contributed by atoms with E-state index in [9.17, 15) is 19.2 Å². The molecule has 4 aliphatic rings. The molecule has 2 aliphatic carbocycles. The van der Waals surface area contributed by atoms with Crippen LogP contribution < -0.4 is 18.9 Å². The molecule has 0 spiro atoms. The fraction of sp³-hybridized carbons (Fsp3) is 0.354. The Balaban J connectivity index is 1.13. The summed E-state index contributed by atoms with van der Waals surface area (Å²) in [5, 5.41) is 1.44. The molecule has 0 radical (unpaired) electrons. The minimum Gasteiger partial charge on any atom is -0.462 e. The van der Waals surface area contributed by atoms with Crippen LogP contribution in [0.5, 0.6) is 46.0 Å². The van der Waals surface area contributed by atoms with E-state index in [1.807, 2.05) is 13.8 Å². The average molecular weight is 1600 g/mol. The van der Waals surface area contributed by atoms with E-state index in [4.69, 9.17) is 37.9 Å². The molecule has 6 amide bonds. The van der Waals surface area contributed by atoms with E-state index in [2.05, 4.69) is 26.3 Å². The SMILES string of the molecule is C=C(C)C(=O)OCCc1ccc(Oc2cc3c4c(cc(Oc5ccc(CCOC(=O)C(=C)C)cc5)c5c6c(Oc7ccc(CCOC(=O)C(=C)C)cc7)cc7c8c(cc(Oc9ccc(CCOC(=O)C(=C)C)cc9)c(c2c45)c86)C(=O)N(C(CC)C(=O)N(CC)C2CCCCC2)C7=O)C(=O)N(C(CC)C(=O)N(CC)C2CCCCC2)C3=O)cc1. The Morgan fingerprint density at radius 2 is 0.576 bits per heavy atom. The summed E-state index contributed by atoms with van der Waals surface area (Å²) in [6.07, 6.45) is 10.0. The number of carbonyl (C=O) groups is 10. The van der Waals surface area contributed by atoms with Crippen LogP contribution in [-0.2, 0) is 73.4 Å². The summed E-state index contributed by atoms with van der Waals surface area (Å²) < 4.78 is 51.3. The summed E-state index contributed by atoms with van der Waals surface area (Å²) in [7, 11) is 0. The molecule has 22 nitrogen and oxygen atoms in total. The summed E-state index contributed by atoms with van der Waals surface area (Å²) >= 11 is 0. The van der Waals surface area contributed by atoms with Gasteiger partial charge in [0.1, 0.15) is 58.1 Å². The van der Waals surface area contributed by atoms with Crippen molar-refractivity contribution in [3.8, 4) is 46.0 Å². The predicted molar refractivity (Wildman–Crippen MR) is 449 cm³/mol. The molecular weight excluding hydrogens is 1500 g/mol. The van der Waals surface area contributed by atoms with Crippen molar-refractivity contribution >= 4 is 102 Å². The maximum Gasteiger partial charge on any atom is 0.333 e. The van der Waals surface area contributed by atoms with Crippen molar-refractivity contribution in [2.24, 2.45) is 0 Å². The van der Waals surface area contributed by atoms with Gasteiger partial charge in [-0.25, -0.2) is 19.2 Å². The lowest BCUT2D eigenvalue weighted by molar-refractivity contribution is -0.139. The van der Waals surface area contributed by atoms with Crippen LogP contribution in [0, 0.1) is 0 Å². The number of likely N-dealkylation sites (N-methyl/N-ethyl adjacent to an activating group) is 2. The molecule has 2 fully saturated rings. The molecule has 0 aromatic heterocycles. The Kier molecular flexibility index (Phi) is 25.7. The number of hydrogen-bond acceptors (Lipinski definition) is 18. The molecule has 0 N–H and O–H groups in total. The fourth-order valence-corrected chi connectivity index (χ4v) is 16.7. The molecule has 2 atom stereocenters. The molecule has 2 saturated carbocycles. The molecule has 0 bridgehead atoms. The van der Waals surface area contributed by atoms with Crippen molar-refractivity contribution in [1.29, 1.82) is 0 Å².